The van der Waals surface area contributed by atoms with Gasteiger partial charge in [0, 0.05) is 12.5 Å². The van der Waals surface area contributed by atoms with Gasteiger partial charge < -0.3 is 19.4 Å². The van der Waals surface area contributed by atoms with Gasteiger partial charge in [0.1, 0.15) is 6.61 Å². The molecule has 12 heteroatoms. The number of rotatable bonds is 6. The zero-order valence-corrected chi connectivity index (χ0v) is 24.4. The molecule has 44 heavy (non-hydrogen) atoms. The molecule has 0 atom stereocenters. The van der Waals surface area contributed by atoms with Gasteiger partial charge in [-0.15, -0.1) is 0 Å². The van der Waals surface area contributed by atoms with E-state index in [4.69, 9.17) is 14.0 Å². The van der Waals surface area contributed by atoms with E-state index < -0.39 is 47.9 Å². The van der Waals surface area contributed by atoms with Gasteiger partial charge in [0.15, 0.2) is 0 Å². The molecule has 1 N–H and O–H groups in total. The second-order valence-electron chi connectivity index (χ2n) is 11.8. The third-order valence-electron chi connectivity index (χ3n) is 8.30. The molecular weight excluding hydrogens is 587 g/mol. The van der Waals surface area contributed by atoms with E-state index in [-0.39, 0.29) is 36.2 Å². The molecule has 5 rings (SSSR count). The number of ether oxygens (including phenoxy) is 1. The zero-order chi connectivity index (χ0) is 32.1. The SMILES string of the molecule is CC1(C)OB(C(=Cc2cc(C(F)(F)F)cc(C(F)(F)F)c2)CNC(=O)OCC2c3ccccc3-c3ccccc32)OC1(C)C. The quantitative estimate of drug-likeness (QED) is 0.224. The average molecular weight is 617 g/mol. The summed E-state index contributed by atoms with van der Waals surface area (Å²) in [5, 5.41) is 2.56. The molecule has 232 valence electrons. The average Bonchev–Trinajstić information content (AvgIpc) is 3.37. The molecule has 1 saturated heterocycles. The summed E-state index contributed by atoms with van der Waals surface area (Å²) >= 11 is 0. The number of carbonyl (C=O) groups excluding carboxylic acids is 1. The topological polar surface area (TPSA) is 56.8 Å². The normalized spacial score (nSPS) is 17.8. The molecule has 3 aromatic carbocycles. The van der Waals surface area contributed by atoms with E-state index in [1.165, 1.54) is 0 Å². The number of benzene rings is 3. The third-order valence-corrected chi connectivity index (χ3v) is 8.30. The first-order valence-electron chi connectivity index (χ1n) is 13.9. The molecule has 0 saturated carbocycles. The Morgan fingerprint density at radius 3 is 1.80 bits per heavy atom. The van der Waals surface area contributed by atoms with Crippen molar-refractivity contribution in [1.82, 2.24) is 5.32 Å². The first-order chi connectivity index (χ1) is 20.5. The van der Waals surface area contributed by atoms with Crippen LogP contribution in [0.5, 0.6) is 0 Å². The maximum absolute atomic E-state index is 13.5. The minimum atomic E-state index is -5.02. The summed E-state index contributed by atoms with van der Waals surface area (Å²) in [7, 11) is -1.17. The van der Waals surface area contributed by atoms with Gasteiger partial charge in [-0.2, -0.15) is 26.3 Å². The highest BCUT2D eigenvalue weighted by molar-refractivity contribution is 6.56. The van der Waals surface area contributed by atoms with E-state index in [2.05, 4.69) is 5.32 Å². The van der Waals surface area contributed by atoms with Gasteiger partial charge in [0.05, 0.1) is 22.3 Å². The number of halogens is 6. The Morgan fingerprint density at radius 1 is 0.841 bits per heavy atom. The number of alkyl carbamates (subject to hydrolysis) is 1. The predicted octanol–water partition coefficient (Wildman–Crippen LogP) is 8.28. The van der Waals surface area contributed by atoms with Crippen LogP contribution in [0.25, 0.3) is 17.2 Å². The van der Waals surface area contributed by atoms with Crippen LogP contribution >= 0.6 is 0 Å². The highest BCUT2D eigenvalue weighted by Gasteiger charge is 2.52. The fourth-order valence-corrected chi connectivity index (χ4v) is 5.30. The molecule has 0 aromatic heterocycles. The van der Waals surface area contributed by atoms with E-state index in [0.717, 1.165) is 28.3 Å². The number of hydrogen-bond donors (Lipinski definition) is 1. The Balaban J connectivity index is 1.39. The molecule has 5 nitrogen and oxygen atoms in total. The van der Waals surface area contributed by atoms with Crippen molar-refractivity contribution < 1.29 is 45.2 Å². The van der Waals surface area contributed by atoms with Crippen LogP contribution in [-0.4, -0.2) is 37.6 Å². The van der Waals surface area contributed by atoms with Crippen molar-refractivity contribution in [3.8, 4) is 11.1 Å². The number of hydrogen-bond acceptors (Lipinski definition) is 4. The van der Waals surface area contributed by atoms with Crippen molar-refractivity contribution in [1.29, 1.82) is 0 Å². The Kier molecular flexibility index (Phi) is 8.13. The Labute approximate surface area is 251 Å². The fourth-order valence-electron chi connectivity index (χ4n) is 5.30. The van der Waals surface area contributed by atoms with Crippen LogP contribution < -0.4 is 5.32 Å². The van der Waals surface area contributed by atoms with E-state index in [1.54, 1.807) is 27.7 Å². The van der Waals surface area contributed by atoms with Crippen molar-refractivity contribution in [2.45, 2.75) is 57.2 Å². The van der Waals surface area contributed by atoms with Crippen LogP contribution in [0.4, 0.5) is 31.1 Å². The molecule has 1 aliphatic heterocycles. The van der Waals surface area contributed by atoms with Gasteiger partial charge in [0.2, 0.25) is 0 Å². The van der Waals surface area contributed by atoms with E-state index in [0.29, 0.717) is 12.1 Å². The van der Waals surface area contributed by atoms with Crippen LogP contribution in [0, 0.1) is 0 Å². The lowest BCUT2D eigenvalue weighted by Crippen LogP contribution is -2.41. The number of carbonyl (C=O) groups is 1. The van der Waals surface area contributed by atoms with Gasteiger partial charge in [-0.1, -0.05) is 54.6 Å². The summed E-state index contributed by atoms with van der Waals surface area (Å²) in [5.74, 6) is -0.211. The molecule has 1 amide bonds. The van der Waals surface area contributed by atoms with Crippen LogP contribution in [0.1, 0.15) is 61.4 Å². The maximum atomic E-state index is 13.5. The van der Waals surface area contributed by atoms with Crippen molar-refractivity contribution >= 4 is 19.3 Å². The molecule has 1 heterocycles. The summed E-state index contributed by atoms with van der Waals surface area (Å²) in [5.41, 5.74) is -0.848. The van der Waals surface area contributed by atoms with Crippen LogP contribution in [0.15, 0.2) is 72.2 Å². The van der Waals surface area contributed by atoms with Crippen molar-refractivity contribution in [3.63, 3.8) is 0 Å². The van der Waals surface area contributed by atoms with E-state index in [9.17, 15) is 31.1 Å². The largest absolute Gasteiger partial charge is 0.492 e. The van der Waals surface area contributed by atoms with Crippen molar-refractivity contribution in [2.75, 3.05) is 13.2 Å². The van der Waals surface area contributed by atoms with Crippen LogP contribution in [-0.2, 0) is 26.4 Å². The van der Waals surface area contributed by atoms with E-state index in [1.807, 2.05) is 48.5 Å². The maximum Gasteiger partial charge on any atom is 0.492 e. The third kappa shape index (κ3) is 6.37. The molecule has 0 bridgehead atoms. The second kappa shape index (κ2) is 11.3. The van der Waals surface area contributed by atoms with Gasteiger partial charge >= 0.3 is 25.6 Å². The highest BCUT2D eigenvalue weighted by atomic mass is 19.4. The molecule has 0 spiro atoms. The smallest absolute Gasteiger partial charge is 0.449 e. The minimum absolute atomic E-state index is 0.0119. The first kappa shape index (κ1) is 31.7. The lowest BCUT2D eigenvalue weighted by atomic mass is 9.76. The highest BCUT2D eigenvalue weighted by Crippen LogP contribution is 2.45. The molecule has 1 aliphatic carbocycles. The van der Waals surface area contributed by atoms with Gasteiger partial charge in [-0.05, 0) is 79.2 Å². The summed E-state index contributed by atoms with van der Waals surface area (Å²) in [6.45, 7) is 6.67. The monoisotopic (exact) mass is 617 g/mol. The lowest BCUT2D eigenvalue weighted by Gasteiger charge is -2.32. The molecule has 0 radical (unpaired) electrons. The van der Waals surface area contributed by atoms with Crippen molar-refractivity contribution in [2.24, 2.45) is 0 Å². The lowest BCUT2D eigenvalue weighted by molar-refractivity contribution is -0.143. The minimum Gasteiger partial charge on any atom is -0.449 e. The van der Waals surface area contributed by atoms with E-state index >= 15 is 0 Å². The molecule has 0 unspecified atom stereocenters. The number of fused-ring (bicyclic) bond motifs is 3. The van der Waals surface area contributed by atoms with Gasteiger partial charge in [0.25, 0.3) is 0 Å². The first-order valence-corrected chi connectivity index (χ1v) is 13.9. The fraction of sp³-hybridized carbons (Fsp3) is 0.344. The van der Waals surface area contributed by atoms with Gasteiger partial charge in [-0.25, -0.2) is 4.79 Å². The second-order valence-corrected chi connectivity index (χ2v) is 11.8. The van der Waals surface area contributed by atoms with Crippen LogP contribution in [0.3, 0.4) is 0 Å². The summed E-state index contributed by atoms with van der Waals surface area (Å²) < 4.78 is 98.7. The van der Waals surface area contributed by atoms with Crippen molar-refractivity contribution in [3.05, 3.63) is 100 Å². The standard InChI is InChI=1S/C32H30BF6NO4/c1-29(2)30(3,4)44-33(43-29)22(15-19-13-20(31(34,35)36)16-21(14-19)32(37,38)39)17-40-28(41)42-18-27-25-11-7-5-9-23(25)24-10-6-8-12-26(24)27/h5-16,27H,17-18H2,1-4H3,(H,40,41). The summed E-state index contributed by atoms with van der Waals surface area (Å²) in [6, 6.07) is 16.8. The number of alkyl halides is 6. The molecule has 3 aromatic rings. The summed E-state index contributed by atoms with van der Waals surface area (Å²) in [4.78, 5) is 12.9. The Morgan fingerprint density at radius 2 is 1.32 bits per heavy atom. The Bertz CT molecular complexity index is 1500. The predicted molar refractivity (Wildman–Crippen MR) is 154 cm³/mol. The number of amides is 1. The van der Waals surface area contributed by atoms with Gasteiger partial charge in [-0.3, -0.25) is 0 Å². The summed E-state index contributed by atoms with van der Waals surface area (Å²) in [6.07, 6.45) is -9.76. The molecule has 1 fully saturated rings. The molecule has 2 aliphatic rings. The molecular formula is C32H30BF6NO4. The Hall–Kier alpha value is -3.77. The zero-order valence-electron chi connectivity index (χ0n) is 24.4. The number of nitrogens with one attached hydrogen (secondary N) is 1. The van der Waals surface area contributed by atoms with Crippen LogP contribution in [0.2, 0.25) is 0 Å².